The molecule has 0 unspecified atom stereocenters. The number of hydrogen-bond acceptors (Lipinski definition) is 5. The van der Waals surface area contributed by atoms with Crippen molar-refractivity contribution in [3.8, 4) is 0 Å². The summed E-state index contributed by atoms with van der Waals surface area (Å²) in [6.45, 7) is 17.3. The molecular formula is C24H27ClF2N4O4. The lowest BCUT2D eigenvalue weighted by atomic mass is 9.69. The Morgan fingerprint density at radius 3 is 2.43 bits per heavy atom. The highest BCUT2D eigenvalue weighted by atomic mass is 35.5. The van der Waals surface area contributed by atoms with E-state index in [2.05, 4.69) is 9.83 Å². The predicted molar refractivity (Wildman–Crippen MR) is 124 cm³/mol. The van der Waals surface area contributed by atoms with E-state index in [0.717, 1.165) is 0 Å². The molecule has 2 fully saturated rings. The van der Waals surface area contributed by atoms with Gasteiger partial charge in [-0.3, -0.25) is 4.79 Å². The standard InChI is InChI=1S/C24H27ClF2N4O4/c1-21(2,3)35-20(33)30-7-8-31(22(4,5)13-30)19(32)16-10-15-18(34-16)14(9-17(25)29-15)23(28-6)11-24(26,27)12-23/h9-10H,7-8,11-13H2,1-5H3. The molecule has 0 N–H and O–H groups in total. The molecule has 1 saturated heterocycles. The number of carbonyl (C=O) groups is 2. The second kappa shape index (κ2) is 8.05. The molecule has 188 valence electrons. The molecule has 3 heterocycles. The molecule has 0 atom stereocenters. The third-order valence-electron chi connectivity index (χ3n) is 6.27. The lowest BCUT2D eigenvalue weighted by Crippen LogP contribution is -2.62. The minimum atomic E-state index is -2.95. The summed E-state index contributed by atoms with van der Waals surface area (Å²) in [6.07, 6.45) is -1.75. The van der Waals surface area contributed by atoms with E-state index < -0.39 is 47.4 Å². The summed E-state index contributed by atoms with van der Waals surface area (Å²) in [5.74, 6) is -3.42. The Balaban J connectivity index is 1.62. The molecule has 0 radical (unpaired) electrons. The predicted octanol–water partition coefficient (Wildman–Crippen LogP) is 5.50. The Morgan fingerprint density at radius 2 is 1.89 bits per heavy atom. The Morgan fingerprint density at radius 1 is 1.23 bits per heavy atom. The van der Waals surface area contributed by atoms with Gasteiger partial charge in [-0.1, -0.05) is 11.6 Å². The van der Waals surface area contributed by atoms with E-state index in [1.165, 1.54) is 12.1 Å². The van der Waals surface area contributed by atoms with Crippen LogP contribution in [-0.4, -0.2) is 63.5 Å². The van der Waals surface area contributed by atoms with Crippen molar-refractivity contribution in [2.24, 2.45) is 0 Å². The molecule has 0 bridgehead atoms. The number of fused-ring (bicyclic) bond motifs is 1. The average molecular weight is 509 g/mol. The zero-order chi connectivity index (χ0) is 26.0. The maximum Gasteiger partial charge on any atom is 0.410 e. The van der Waals surface area contributed by atoms with Crippen LogP contribution in [0.2, 0.25) is 5.15 Å². The lowest BCUT2D eigenvalue weighted by molar-refractivity contribution is -0.112. The van der Waals surface area contributed by atoms with Crippen molar-refractivity contribution < 1.29 is 27.5 Å². The first-order valence-electron chi connectivity index (χ1n) is 11.2. The third-order valence-corrected chi connectivity index (χ3v) is 6.47. The number of halogens is 3. The second-order valence-electron chi connectivity index (χ2n) is 10.8. The van der Waals surface area contributed by atoms with Gasteiger partial charge < -0.3 is 23.8 Å². The molecule has 2 aromatic heterocycles. The quantitative estimate of drug-likeness (QED) is 0.395. The first-order valence-corrected chi connectivity index (χ1v) is 11.6. The van der Waals surface area contributed by atoms with Gasteiger partial charge in [-0.05, 0) is 40.7 Å². The topological polar surface area (TPSA) is 80.2 Å². The summed E-state index contributed by atoms with van der Waals surface area (Å²) in [7, 11) is 0. The minimum absolute atomic E-state index is 0.0249. The van der Waals surface area contributed by atoms with Gasteiger partial charge in [0.1, 0.15) is 16.3 Å². The number of piperazine rings is 1. The second-order valence-corrected chi connectivity index (χ2v) is 11.2. The van der Waals surface area contributed by atoms with Crippen LogP contribution in [0.15, 0.2) is 16.5 Å². The van der Waals surface area contributed by atoms with Crippen molar-refractivity contribution in [3.63, 3.8) is 0 Å². The zero-order valence-corrected chi connectivity index (χ0v) is 21.0. The highest BCUT2D eigenvalue weighted by molar-refractivity contribution is 6.30. The van der Waals surface area contributed by atoms with Crippen LogP contribution in [0.4, 0.5) is 13.6 Å². The largest absolute Gasteiger partial charge is 0.449 e. The van der Waals surface area contributed by atoms with Gasteiger partial charge in [-0.25, -0.2) is 25.1 Å². The van der Waals surface area contributed by atoms with Crippen molar-refractivity contribution in [3.05, 3.63) is 40.0 Å². The lowest BCUT2D eigenvalue weighted by Gasteiger charge is -2.46. The molecular weight excluding hydrogens is 482 g/mol. The number of aromatic nitrogens is 1. The zero-order valence-electron chi connectivity index (χ0n) is 20.2. The highest BCUT2D eigenvalue weighted by Crippen LogP contribution is 2.56. The van der Waals surface area contributed by atoms with Crippen LogP contribution >= 0.6 is 11.6 Å². The molecule has 1 aliphatic carbocycles. The van der Waals surface area contributed by atoms with Gasteiger partial charge in [0.2, 0.25) is 0 Å². The van der Waals surface area contributed by atoms with Crippen LogP contribution < -0.4 is 0 Å². The van der Waals surface area contributed by atoms with Gasteiger partial charge in [0.25, 0.3) is 17.4 Å². The maximum atomic E-state index is 13.7. The summed E-state index contributed by atoms with van der Waals surface area (Å²) in [4.78, 5) is 36.8. The molecule has 0 aromatic carbocycles. The van der Waals surface area contributed by atoms with E-state index >= 15 is 0 Å². The molecule has 2 aliphatic rings. The SMILES string of the molecule is [C-]#[N+]C1(c2cc(Cl)nc3cc(C(=O)N4CCN(C(=O)OC(C)(C)C)CC4(C)C)oc23)CC(F)(F)C1. The molecule has 1 saturated carbocycles. The van der Waals surface area contributed by atoms with Crippen molar-refractivity contribution in [2.45, 2.75) is 70.1 Å². The number of rotatable bonds is 2. The van der Waals surface area contributed by atoms with Crippen LogP contribution in [0.3, 0.4) is 0 Å². The van der Waals surface area contributed by atoms with Crippen LogP contribution in [0, 0.1) is 6.57 Å². The summed E-state index contributed by atoms with van der Waals surface area (Å²) in [6, 6.07) is 2.77. The fraction of sp³-hybridized carbons (Fsp3) is 0.583. The van der Waals surface area contributed by atoms with Crippen molar-refractivity contribution in [1.82, 2.24) is 14.8 Å². The van der Waals surface area contributed by atoms with E-state index in [9.17, 15) is 18.4 Å². The van der Waals surface area contributed by atoms with Crippen LogP contribution in [0.25, 0.3) is 15.9 Å². The van der Waals surface area contributed by atoms with E-state index in [1.807, 2.05) is 13.8 Å². The van der Waals surface area contributed by atoms with E-state index in [-0.39, 0.29) is 47.2 Å². The fourth-order valence-electron chi connectivity index (χ4n) is 4.72. The molecule has 11 heteroatoms. The highest BCUT2D eigenvalue weighted by Gasteiger charge is 2.65. The summed E-state index contributed by atoms with van der Waals surface area (Å²) in [5, 5.41) is 0.0249. The maximum absolute atomic E-state index is 13.7. The number of alkyl halides is 2. The fourth-order valence-corrected chi connectivity index (χ4v) is 4.92. The number of furan rings is 1. The molecule has 2 amide bonds. The molecule has 4 rings (SSSR count). The van der Waals surface area contributed by atoms with Gasteiger partial charge in [0.05, 0.1) is 23.9 Å². The van der Waals surface area contributed by atoms with Crippen LogP contribution in [0.5, 0.6) is 0 Å². The Bertz CT molecular complexity index is 1240. The van der Waals surface area contributed by atoms with Crippen molar-refractivity contribution in [2.75, 3.05) is 19.6 Å². The molecule has 8 nitrogen and oxygen atoms in total. The molecule has 2 aromatic rings. The minimum Gasteiger partial charge on any atom is -0.449 e. The first kappa shape index (κ1) is 25.2. The van der Waals surface area contributed by atoms with E-state index in [1.54, 1.807) is 30.6 Å². The molecule has 35 heavy (non-hydrogen) atoms. The van der Waals surface area contributed by atoms with E-state index in [0.29, 0.717) is 0 Å². The number of amides is 2. The summed E-state index contributed by atoms with van der Waals surface area (Å²) >= 11 is 6.13. The first-order chi connectivity index (χ1) is 16.1. The summed E-state index contributed by atoms with van der Waals surface area (Å²) in [5.41, 5.74) is -2.32. The van der Waals surface area contributed by atoms with E-state index in [4.69, 9.17) is 27.3 Å². The normalized spacial score (nSPS) is 20.8. The van der Waals surface area contributed by atoms with Gasteiger partial charge in [0, 0.05) is 25.7 Å². The van der Waals surface area contributed by atoms with Gasteiger partial charge in [0.15, 0.2) is 11.3 Å². The van der Waals surface area contributed by atoms with Crippen molar-refractivity contribution >= 4 is 34.7 Å². The van der Waals surface area contributed by atoms with Crippen LogP contribution in [0.1, 0.15) is 63.6 Å². The monoisotopic (exact) mass is 508 g/mol. The Kier molecular flexibility index (Phi) is 5.79. The number of pyridine rings is 1. The van der Waals surface area contributed by atoms with Gasteiger partial charge in [-0.2, -0.15) is 0 Å². The number of hydrogen-bond donors (Lipinski definition) is 0. The summed E-state index contributed by atoms with van der Waals surface area (Å²) < 4.78 is 38.8. The van der Waals surface area contributed by atoms with Crippen LogP contribution in [-0.2, 0) is 10.3 Å². The third kappa shape index (κ3) is 4.66. The average Bonchev–Trinajstić information content (AvgIpc) is 3.12. The number of nitrogens with zero attached hydrogens (tertiary/aromatic N) is 4. The Hall–Kier alpha value is -2.93. The number of ether oxygens (including phenoxy) is 1. The Labute approximate surface area is 207 Å². The number of carbonyl (C=O) groups excluding carboxylic acids is 2. The van der Waals surface area contributed by atoms with Gasteiger partial charge in [-0.15, -0.1) is 0 Å². The van der Waals surface area contributed by atoms with Gasteiger partial charge >= 0.3 is 6.09 Å². The van der Waals surface area contributed by atoms with Crippen molar-refractivity contribution in [1.29, 1.82) is 0 Å². The smallest absolute Gasteiger partial charge is 0.410 e. The molecule has 1 aliphatic heterocycles. The molecule has 0 spiro atoms.